The lowest BCUT2D eigenvalue weighted by atomic mass is 10.1. The van der Waals surface area contributed by atoms with Gasteiger partial charge in [-0.25, -0.2) is 4.79 Å². The minimum Gasteiger partial charge on any atom is -0.422 e. The molecule has 0 aliphatic rings. The summed E-state index contributed by atoms with van der Waals surface area (Å²) in [4.78, 5) is 12.0. The van der Waals surface area contributed by atoms with Gasteiger partial charge in [0.25, 0.3) is 0 Å². The third-order valence-corrected chi connectivity index (χ3v) is 2.89. The van der Waals surface area contributed by atoms with Gasteiger partial charge in [0.05, 0.1) is 5.56 Å². The Morgan fingerprint density at radius 3 is 2.00 bits per heavy atom. The van der Waals surface area contributed by atoms with Crippen LogP contribution in [0.2, 0.25) is 0 Å². The molecule has 2 aromatic rings. The van der Waals surface area contributed by atoms with Crippen LogP contribution in [0, 0.1) is 20.8 Å². The second-order valence-electron chi connectivity index (χ2n) is 4.48. The SMILES string of the molecule is Cc1ccc(C(=O)Oc2c(C)cccc2C)cc1. The van der Waals surface area contributed by atoms with Crippen LogP contribution in [-0.4, -0.2) is 5.97 Å². The highest BCUT2D eigenvalue weighted by molar-refractivity contribution is 5.91. The molecule has 0 aromatic heterocycles. The van der Waals surface area contributed by atoms with E-state index in [9.17, 15) is 4.79 Å². The van der Waals surface area contributed by atoms with E-state index >= 15 is 0 Å². The summed E-state index contributed by atoms with van der Waals surface area (Å²) in [5.74, 6) is 0.343. The zero-order chi connectivity index (χ0) is 13.1. The van der Waals surface area contributed by atoms with Gasteiger partial charge in [0.15, 0.2) is 0 Å². The molecule has 0 saturated heterocycles. The Kier molecular flexibility index (Phi) is 3.47. The number of para-hydroxylation sites is 1. The first-order valence-corrected chi connectivity index (χ1v) is 5.93. The summed E-state index contributed by atoms with van der Waals surface area (Å²) in [7, 11) is 0. The summed E-state index contributed by atoms with van der Waals surface area (Å²) in [6, 6.07) is 13.2. The lowest BCUT2D eigenvalue weighted by Gasteiger charge is -2.10. The van der Waals surface area contributed by atoms with Gasteiger partial charge in [-0.05, 0) is 44.0 Å². The van der Waals surface area contributed by atoms with Crippen LogP contribution < -0.4 is 4.74 Å². The highest BCUT2D eigenvalue weighted by Gasteiger charge is 2.11. The molecule has 0 aliphatic heterocycles. The Morgan fingerprint density at radius 1 is 0.889 bits per heavy atom. The highest BCUT2D eigenvalue weighted by Crippen LogP contribution is 2.23. The van der Waals surface area contributed by atoms with Crippen LogP contribution in [0.3, 0.4) is 0 Å². The topological polar surface area (TPSA) is 26.3 Å². The molecule has 18 heavy (non-hydrogen) atoms. The molecule has 0 aliphatic carbocycles. The number of rotatable bonds is 2. The summed E-state index contributed by atoms with van der Waals surface area (Å²) >= 11 is 0. The number of esters is 1. The molecule has 0 atom stereocenters. The predicted octanol–water partition coefficient (Wildman–Crippen LogP) is 3.83. The maximum absolute atomic E-state index is 12.0. The predicted molar refractivity (Wildman–Crippen MR) is 72.1 cm³/mol. The molecule has 0 bridgehead atoms. The first kappa shape index (κ1) is 12.4. The maximum Gasteiger partial charge on any atom is 0.343 e. The second kappa shape index (κ2) is 5.05. The van der Waals surface area contributed by atoms with Crippen LogP contribution in [0.5, 0.6) is 5.75 Å². The second-order valence-corrected chi connectivity index (χ2v) is 4.48. The Morgan fingerprint density at radius 2 is 1.44 bits per heavy atom. The van der Waals surface area contributed by atoms with Crippen molar-refractivity contribution in [3.8, 4) is 5.75 Å². The van der Waals surface area contributed by atoms with Gasteiger partial charge in [-0.1, -0.05) is 35.9 Å². The van der Waals surface area contributed by atoms with Crippen LogP contribution in [0.4, 0.5) is 0 Å². The average Bonchev–Trinajstić information content (AvgIpc) is 2.34. The molecule has 0 amide bonds. The van der Waals surface area contributed by atoms with Crippen molar-refractivity contribution in [3.05, 3.63) is 64.7 Å². The fourth-order valence-corrected chi connectivity index (χ4v) is 1.80. The third-order valence-electron chi connectivity index (χ3n) is 2.89. The number of hydrogen-bond donors (Lipinski definition) is 0. The van der Waals surface area contributed by atoms with Gasteiger partial charge < -0.3 is 4.74 Å². The van der Waals surface area contributed by atoms with E-state index in [1.54, 1.807) is 12.1 Å². The van der Waals surface area contributed by atoms with Crippen molar-refractivity contribution < 1.29 is 9.53 Å². The summed E-state index contributed by atoms with van der Waals surface area (Å²) < 4.78 is 5.46. The molecule has 0 spiro atoms. The fraction of sp³-hybridized carbons (Fsp3) is 0.188. The molecule has 0 unspecified atom stereocenters. The van der Waals surface area contributed by atoms with Crippen molar-refractivity contribution in [2.45, 2.75) is 20.8 Å². The largest absolute Gasteiger partial charge is 0.422 e. The van der Waals surface area contributed by atoms with E-state index in [4.69, 9.17) is 4.74 Å². The quantitative estimate of drug-likeness (QED) is 0.589. The molecule has 2 rings (SSSR count). The van der Waals surface area contributed by atoms with Crippen molar-refractivity contribution >= 4 is 5.97 Å². The van der Waals surface area contributed by atoms with Gasteiger partial charge in [-0.3, -0.25) is 0 Å². The van der Waals surface area contributed by atoms with Gasteiger partial charge in [-0.15, -0.1) is 0 Å². The van der Waals surface area contributed by atoms with Crippen LogP contribution in [-0.2, 0) is 0 Å². The first-order valence-electron chi connectivity index (χ1n) is 5.93. The van der Waals surface area contributed by atoms with Gasteiger partial charge in [0.1, 0.15) is 5.75 Å². The zero-order valence-corrected chi connectivity index (χ0v) is 10.9. The summed E-state index contributed by atoms with van der Waals surface area (Å²) in [6.45, 7) is 5.86. The molecule has 0 heterocycles. The number of benzene rings is 2. The van der Waals surface area contributed by atoms with Crippen LogP contribution in [0.1, 0.15) is 27.0 Å². The van der Waals surface area contributed by atoms with Gasteiger partial charge in [0, 0.05) is 0 Å². The normalized spacial score (nSPS) is 10.2. The van der Waals surface area contributed by atoms with Gasteiger partial charge >= 0.3 is 5.97 Å². The third kappa shape index (κ3) is 2.59. The number of ether oxygens (including phenoxy) is 1. The fourth-order valence-electron chi connectivity index (χ4n) is 1.80. The molecule has 2 nitrogen and oxygen atoms in total. The molecule has 92 valence electrons. The van der Waals surface area contributed by atoms with Crippen molar-refractivity contribution in [1.29, 1.82) is 0 Å². The smallest absolute Gasteiger partial charge is 0.343 e. The summed E-state index contributed by atoms with van der Waals surface area (Å²) in [5, 5.41) is 0. The lowest BCUT2D eigenvalue weighted by molar-refractivity contribution is 0.0732. The van der Waals surface area contributed by atoms with Crippen molar-refractivity contribution in [2.24, 2.45) is 0 Å². The Balaban J connectivity index is 2.24. The van der Waals surface area contributed by atoms with E-state index in [2.05, 4.69) is 0 Å². The molecule has 2 heteroatoms. The van der Waals surface area contributed by atoms with E-state index in [1.807, 2.05) is 51.1 Å². The van der Waals surface area contributed by atoms with E-state index < -0.39 is 0 Å². The first-order chi connectivity index (χ1) is 8.58. The monoisotopic (exact) mass is 240 g/mol. The van der Waals surface area contributed by atoms with Gasteiger partial charge in [-0.2, -0.15) is 0 Å². The minimum atomic E-state index is -0.313. The molecular weight excluding hydrogens is 224 g/mol. The molecular formula is C16H16O2. The zero-order valence-electron chi connectivity index (χ0n) is 10.9. The molecule has 0 fully saturated rings. The standard InChI is InChI=1S/C16H16O2/c1-11-7-9-14(10-8-11)16(17)18-15-12(2)5-4-6-13(15)3/h4-10H,1-3H3. The molecule has 0 radical (unpaired) electrons. The van der Waals surface area contributed by atoms with E-state index in [-0.39, 0.29) is 5.97 Å². The minimum absolute atomic E-state index is 0.313. The number of carbonyl (C=O) groups is 1. The average molecular weight is 240 g/mol. The molecule has 2 aromatic carbocycles. The number of aryl methyl sites for hydroxylation is 3. The van der Waals surface area contributed by atoms with Crippen LogP contribution in [0.25, 0.3) is 0 Å². The Bertz CT molecular complexity index is 548. The lowest BCUT2D eigenvalue weighted by Crippen LogP contribution is -2.10. The van der Waals surface area contributed by atoms with E-state index in [0.717, 1.165) is 16.7 Å². The van der Waals surface area contributed by atoms with E-state index in [1.165, 1.54) is 0 Å². The van der Waals surface area contributed by atoms with E-state index in [0.29, 0.717) is 11.3 Å². The van der Waals surface area contributed by atoms with Gasteiger partial charge in [0.2, 0.25) is 0 Å². The van der Waals surface area contributed by atoms with Crippen LogP contribution >= 0.6 is 0 Å². The molecule has 0 N–H and O–H groups in total. The Hall–Kier alpha value is -2.09. The Labute approximate surface area is 107 Å². The number of hydrogen-bond acceptors (Lipinski definition) is 2. The molecule has 0 saturated carbocycles. The number of carbonyl (C=O) groups excluding carboxylic acids is 1. The van der Waals surface area contributed by atoms with Crippen LogP contribution in [0.15, 0.2) is 42.5 Å². The van der Waals surface area contributed by atoms with Crippen molar-refractivity contribution in [1.82, 2.24) is 0 Å². The highest BCUT2D eigenvalue weighted by atomic mass is 16.5. The summed E-state index contributed by atoms with van der Waals surface area (Å²) in [6.07, 6.45) is 0. The summed E-state index contributed by atoms with van der Waals surface area (Å²) in [5.41, 5.74) is 3.63. The maximum atomic E-state index is 12.0. The van der Waals surface area contributed by atoms with Crippen molar-refractivity contribution in [3.63, 3.8) is 0 Å². The van der Waals surface area contributed by atoms with Crippen molar-refractivity contribution in [2.75, 3.05) is 0 Å².